The van der Waals surface area contributed by atoms with Crippen LogP contribution in [0.5, 0.6) is 0 Å². The fourth-order valence-electron chi connectivity index (χ4n) is 2.69. The molecule has 0 spiro atoms. The Balaban J connectivity index is 2.07. The largest absolute Gasteiger partial charge is 0.384 e. The summed E-state index contributed by atoms with van der Waals surface area (Å²) in [4.78, 5) is 11.4. The molecule has 0 saturated carbocycles. The smallest absolute Gasteiger partial charge is 0.161 e. The molecule has 1 aliphatic rings. The maximum Gasteiger partial charge on any atom is 0.161 e. The molecule has 0 amide bonds. The Bertz CT molecular complexity index is 686. The van der Waals surface area contributed by atoms with Crippen molar-refractivity contribution in [1.82, 2.24) is 9.97 Å². The third-order valence-electron chi connectivity index (χ3n) is 3.98. The lowest BCUT2D eigenvalue weighted by atomic mass is 9.92. The number of nitrogen functional groups attached to an aromatic ring is 1. The van der Waals surface area contributed by atoms with Gasteiger partial charge in [0, 0.05) is 36.3 Å². The summed E-state index contributed by atoms with van der Waals surface area (Å²) in [5.74, 6) is 1.25. The van der Waals surface area contributed by atoms with Crippen LogP contribution in [0.25, 0.3) is 11.4 Å². The van der Waals surface area contributed by atoms with Crippen molar-refractivity contribution in [2.24, 2.45) is 0 Å². The van der Waals surface area contributed by atoms with E-state index in [1.54, 1.807) is 0 Å². The second-order valence-electron chi connectivity index (χ2n) is 6.77. The molecule has 110 valence electrons. The van der Waals surface area contributed by atoms with Gasteiger partial charge in [0.2, 0.25) is 0 Å². The Morgan fingerprint density at radius 2 is 1.90 bits per heavy atom. The van der Waals surface area contributed by atoms with Crippen molar-refractivity contribution in [2.75, 3.05) is 24.2 Å². The van der Waals surface area contributed by atoms with E-state index in [0.29, 0.717) is 5.82 Å². The second-order valence-corrected chi connectivity index (χ2v) is 6.77. The van der Waals surface area contributed by atoms with Gasteiger partial charge in [-0.2, -0.15) is 0 Å². The first-order chi connectivity index (χ1) is 9.84. The van der Waals surface area contributed by atoms with Gasteiger partial charge in [0.25, 0.3) is 0 Å². The molecule has 0 saturated heterocycles. The molecule has 0 fully saturated rings. The molecule has 0 bridgehead atoms. The molecule has 4 nitrogen and oxygen atoms in total. The topological polar surface area (TPSA) is 55.0 Å². The number of fused-ring (bicyclic) bond motifs is 1. The van der Waals surface area contributed by atoms with Gasteiger partial charge in [0.15, 0.2) is 5.82 Å². The first-order valence-corrected chi connectivity index (χ1v) is 7.34. The lowest BCUT2D eigenvalue weighted by Crippen LogP contribution is -2.15. The van der Waals surface area contributed by atoms with Gasteiger partial charge in [-0.1, -0.05) is 20.8 Å². The van der Waals surface area contributed by atoms with Gasteiger partial charge in [-0.05, 0) is 30.2 Å². The van der Waals surface area contributed by atoms with Crippen molar-refractivity contribution in [3.8, 4) is 11.4 Å². The monoisotopic (exact) mass is 282 g/mol. The minimum Gasteiger partial charge on any atom is -0.384 e. The highest BCUT2D eigenvalue weighted by Crippen LogP contribution is 2.31. The number of aromatic nitrogens is 2. The number of nitrogens with two attached hydrogens (primary N) is 1. The van der Waals surface area contributed by atoms with Crippen molar-refractivity contribution >= 4 is 11.5 Å². The van der Waals surface area contributed by atoms with Crippen molar-refractivity contribution in [3.05, 3.63) is 35.5 Å². The maximum atomic E-state index is 5.97. The molecule has 2 heterocycles. The Labute approximate surface area is 126 Å². The SMILES string of the molecule is CN1CCc2cc(-c3nc(N)cc(C(C)(C)C)n3)ccc21. The molecule has 4 heteroatoms. The van der Waals surface area contributed by atoms with Gasteiger partial charge < -0.3 is 10.6 Å². The van der Waals surface area contributed by atoms with E-state index in [2.05, 4.69) is 55.9 Å². The molecule has 2 aromatic rings. The quantitative estimate of drug-likeness (QED) is 0.873. The summed E-state index contributed by atoms with van der Waals surface area (Å²) in [7, 11) is 2.13. The second kappa shape index (κ2) is 4.72. The first kappa shape index (κ1) is 13.9. The highest BCUT2D eigenvalue weighted by Gasteiger charge is 2.20. The maximum absolute atomic E-state index is 5.97. The summed E-state index contributed by atoms with van der Waals surface area (Å²) < 4.78 is 0. The zero-order chi connectivity index (χ0) is 15.2. The van der Waals surface area contributed by atoms with Gasteiger partial charge in [0.05, 0.1) is 5.69 Å². The molecular weight excluding hydrogens is 260 g/mol. The van der Waals surface area contributed by atoms with Crippen LogP contribution in [0.1, 0.15) is 32.0 Å². The molecule has 0 atom stereocenters. The molecular formula is C17H22N4. The molecule has 1 aromatic heterocycles. The van der Waals surface area contributed by atoms with E-state index in [0.717, 1.165) is 30.0 Å². The van der Waals surface area contributed by atoms with Gasteiger partial charge in [-0.15, -0.1) is 0 Å². The van der Waals surface area contributed by atoms with Crippen LogP contribution in [0.4, 0.5) is 11.5 Å². The van der Waals surface area contributed by atoms with Crippen LogP contribution in [-0.2, 0) is 11.8 Å². The van der Waals surface area contributed by atoms with E-state index in [1.807, 2.05) is 6.07 Å². The van der Waals surface area contributed by atoms with Crippen molar-refractivity contribution in [2.45, 2.75) is 32.6 Å². The number of benzene rings is 1. The highest BCUT2D eigenvalue weighted by molar-refractivity contribution is 5.67. The third-order valence-corrected chi connectivity index (χ3v) is 3.98. The molecule has 0 unspecified atom stereocenters. The lowest BCUT2D eigenvalue weighted by molar-refractivity contribution is 0.568. The van der Waals surface area contributed by atoms with E-state index >= 15 is 0 Å². The number of likely N-dealkylation sites (N-methyl/N-ethyl adjacent to an activating group) is 1. The summed E-state index contributed by atoms with van der Waals surface area (Å²) >= 11 is 0. The minimum atomic E-state index is -0.0389. The molecule has 0 radical (unpaired) electrons. The average molecular weight is 282 g/mol. The molecule has 0 aliphatic carbocycles. The van der Waals surface area contributed by atoms with Crippen molar-refractivity contribution < 1.29 is 0 Å². The highest BCUT2D eigenvalue weighted by atomic mass is 15.1. The zero-order valence-corrected chi connectivity index (χ0v) is 13.1. The van der Waals surface area contributed by atoms with Crippen LogP contribution in [0.15, 0.2) is 24.3 Å². The van der Waals surface area contributed by atoms with E-state index in [1.165, 1.54) is 11.3 Å². The fourth-order valence-corrected chi connectivity index (χ4v) is 2.69. The molecule has 2 N–H and O–H groups in total. The summed E-state index contributed by atoms with van der Waals surface area (Å²) in [5, 5.41) is 0. The average Bonchev–Trinajstić information content (AvgIpc) is 2.78. The number of hydrogen-bond acceptors (Lipinski definition) is 4. The molecule has 1 aromatic carbocycles. The Hall–Kier alpha value is -2.10. The van der Waals surface area contributed by atoms with Gasteiger partial charge in [-0.25, -0.2) is 9.97 Å². The number of nitrogens with zero attached hydrogens (tertiary/aromatic N) is 3. The van der Waals surface area contributed by atoms with Gasteiger partial charge >= 0.3 is 0 Å². The molecule has 1 aliphatic heterocycles. The third kappa shape index (κ3) is 2.58. The predicted octanol–water partition coefficient (Wildman–Crippen LogP) is 3.02. The van der Waals surface area contributed by atoms with E-state index in [4.69, 9.17) is 10.7 Å². The molecule has 3 rings (SSSR count). The van der Waals surface area contributed by atoms with Crippen LogP contribution < -0.4 is 10.6 Å². The van der Waals surface area contributed by atoms with Crippen molar-refractivity contribution in [3.63, 3.8) is 0 Å². The fraction of sp³-hybridized carbons (Fsp3) is 0.412. The summed E-state index contributed by atoms with van der Waals surface area (Å²) in [6, 6.07) is 8.30. The van der Waals surface area contributed by atoms with Crippen LogP contribution in [0, 0.1) is 0 Å². The molecule has 21 heavy (non-hydrogen) atoms. The normalized spacial score (nSPS) is 14.4. The number of hydrogen-bond donors (Lipinski definition) is 1. The van der Waals surface area contributed by atoms with Crippen LogP contribution >= 0.6 is 0 Å². The summed E-state index contributed by atoms with van der Waals surface area (Å²) in [6.07, 6.45) is 1.08. The number of anilines is 2. The minimum absolute atomic E-state index is 0.0389. The van der Waals surface area contributed by atoms with Gasteiger partial charge in [-0.3, -0.25) is 0 Å². The Morgan fingerprint density at radius 3 is 2.62 bits per heavy atom. The number of rotatable bonds is 1. The van der Waals surface area contributed by atoms with E-state index < -0.39 is 0 Å². The predicted molar refractivity (Wildman–Crippen MR) is 87.6 cm³/mol. The van der Waals surface area contributed by atoms with Crippen LogP contribution in [-0.4, -0.2) is 23.6 Å². The first-order valence-electron chi connectivity index (χ1n) is 7.34. The lowest BCUT2D eigenvalue weighted by Gasteiger charge is -2.19. The summed E-state index contributed by atoms with van der Waals surface area (Å²) in [5.41, 5.74) is 10.6. The standard InChI is InChI=1S/C17H22N4/c1-17(2,3)14-10-15(18)20-16(19-14)12-5-6-13-11(9-12)7-8-21(13)4/h5-6,9-10H,7-8H2,1-4H3,(H2,18,19,20). The Morgan fingerprint density at radius 1 is 1.14 bits per heavy atom. The van der Waals surface area contributed by atoms with E-state index in [9.17, 15) is 0 Å². The van der Waals surface area contributed by atoms with Crippen LogP contribution in [0.2, 0.25) is 0 Å². The van der Waals surface area contributed by atoms with Crippen molar-refractivity contribution in [1.29, 1.82) is 0 Å². The summed E-state index contributed by atoms with van der Waals surface area (Å²) in [6.45, 7) is 7.48. The zero-order valence-electron chi connectivity index (χ0n) is 13.1. The Kier molecular flexibility index (Phi) is 3.12. The van der Waals surface area contributed by atoms with E-state index in [-0.39, 0.29) is 5.41 Å². The van der Waals surface area contributed by atoms with Crippen LogP contribution in [0.3, 0.4) is 0 Å². The van der Waals surface area contributed by atoms with Gasteiger partial charge in [0.1, 0.15) is 5.82 Å².